The van der Waals surface area contributed by atoms with E-state index in [1.807, 2.05) is 32.9 Å². The van der Waals surface area contributed by atoms with Crippen molar-refractivity contribution in [3.05, 3.63) is 34.2 Å². The molecule has 0 radical (unpaired) electrons. The summed E-state index contributed by atoms with van der Waals surface area (Å²) in [4.78, 5) is 14.5. The minimum Gasteiger partial charge on any atom is -0.464 e. The minimum absolute atomic E-state index is 0.00362. The van der Waals surface area contributed by atoms with Gasteiger partial charge in [-0.1, -0.05) is 6.92 Å². The number of H-pyrrole nitrogens is 1. The summed E-state index contributed by atoms with van der Waals surface area (Å²) in [7, 11) is 0. The topological polar surface area (TPSA) is 67.1 Å². The van der Waals surface area contributed by atoms with Gasteiger partial charge in [0.1, 0.15) is 23.9 Å². The highest BCUT2D eigenvalue weighted by Gasteiger charge is 2.20. The van der Waals surface area contributed by atoms with E-state index in [4.69, 9.17) is 16.6 Å². The summed E-state index contributed by atoms with van der Waals surface area (Å²) in [6.07, 6.45) is 1.74. The molecule has 0 aromatic carbocycles. The lowest BCUT2D eigenvalue weighted by Gasteiger charge is -2.26. The molecule has 126 valence electrons. The van der Waals surface area contributed by atoms with Gasteiger partial charge in [-0.25, -0.2) is 0 Å². The Kier molecular flexibility index (Phi) is 5.76. The largest absolute Gasteiger partial charge is 0.464 e. The number of carbonyl (C=O) groups excluding carboxylic acids is 1. The first-order valence-electron chi connectivity index (χ1n) is 7.91. The van der Waals surface area contributed by atoms with Gasteiger partial charge < -0.3 is 9.32 Å². The third kappa shape index (κ3) is 4.31. The fourth-order valence-electron chi connectivity index (χ4n) is 2.45. The Hall–Kier alpha value is -1.89. The van der Waals surface area contributed by atoms with Gasteiger partial charge in [0.2, 0.25) is 5.91 Å². The van der Waals surface area contributed by atoms with E-state index >= 15 is 0 Å². The molecule has 1 N–H and O–H groups in total. The minimum atomic E-state index is 0.00362. The van der Waals surface area contributed by atoms with Crippen molar-refractivity contribution >= 4 is 18.1 Å². The molecule has 0 aliphatic rings. The van der Waals surface area contributed by atoms with Crippen LogP contribution >= 0.6 is 12.2 Å². The fraction of sp³-hybridized carbons (Fsp3) is 0.562. The van der Waals surface area contributed by atoms with E-state index in [0.717, 1.165) is 30.2 Å². The average Bonchev–Trinajstić information content (AvgIpc) is 3.05. The zero-order valence-electron chi connectivity index (χ0n) is 14.1. The van der Waals surface area contributed by atoms with Crippen LogP contribution in [0.15, 0.2) is 16.5 Å². The molecular formula is C16H24N4O2S. The molecule has 0 saturated carbocycles. The maximum absolute atomic E-state index is 12.7. The van der Waals surface area contributed by atoms with Crippen LogP contribution in [-0.2, 0) is 24.3 Å². The van der Waals surface area contributed by atoms with Crippen LogP contribution < -0.4 is 0 Å². The molecule has 0 atom stereocenters. The normalized spacial score (nSPS) is 11.2. The summed E-state index contributed by atoms with van der Waals surface area (Å²) in [6, 6.07) is 3.89. The molecule has 0 bridgehead atoms. The van der Waals surface area contributed by atoms with Crippen LogP contribution in [0, 0.1) is 11.7 Å². The molecule has 1 amide bonds. The second kappa shape index (κ2) is 7.59. The van der Waals surface area contributed by atoms with E-state index in [-0.39, 0.29) is 18.5 Å². The quantitative estimate of drug-likeness (QED) is 0.788. The summed E-state index contributed by atoms with van der Waals surface area (Å²) in [5.41, 5.74) is 0. The van der Waals surface area contributed by atoms with E-state index in [2.05, 4.69) is 17.1 Å². The molecule has 0 unspecified atom stereocenters. The van der Waals surface area contributed by atoms with E-state index in [0.29, 0.717) is 11.3 Å². The van der Waals surface area contributed by atoms with Crippen molar-refractivity contribution in [3.63, 3.8) is 0 Å². The van der Waals surface area contributed by atoms with Crippen LogP contribution in [0.3, 0.4) is 0 Å². The zero-order chi connectivity index (χ0) is 17.0. The van der Waals surface area contributed by atoms with Crippen molar-refractivity contribution in [1.82, 2.24) is 19.7 Å². The highest BCUT2D eigenvalue weighted by molar-refractivity contribution is 7.71. The number of furan rings is 1. The van der Waals surface area contributed by atoms with Crippen molar-refractivity contribution in [1.29, 1.82) is 0 Å². The number of hydrogen-bond donors (Lipinski definition) is 1. The zero-order valence-corrected chi connectivity index (χ0v) is 14.9. The van der Waals surface area contributed by atoms with Crippen LogP contribution in [0.25, 0.3) is 0 Å². The summed E-state index contributed by atoms with van der Waals surface area (Å²) < 4.78 is 7.86. The molecule has 0 fully saturated rings. The number of rotatable bonds is 7. The summed E-state index contributed by atoms with van der Waals surface area (Å²) >= 11 is 5.25. The highest BCUT2D eigenvalue weighted by Crippen LogP contribution is 2.13. The smallest absolute Gasteiger partial charge is 0.243 e. The molecular weight excluding hydrogens is 312 g/mol. The number of aromatic amines is 1. The van der Waals surface area contributed by atoms with Crippen molar-refractivity contribution in [3.8, 4) is 0 Å². The van der Waals surface area contributed by atoms with Crippen LogP contribution in [0.5, 0.6) is 0 Å². The van der Waals surface area contributed by atoms with Gasteiger partial charge in [-0.15, -0.1) is 0 Å². The monoisotopic (exact) mass is 336 g/mol. The van der Waals surface area contributed by atoms with Crippen molar-refractivity contribution < 1.29 is 9.21 Å². The Morgan fingerprint density at radius 1 is 1.48 bits per heavy atom. The second-order valence-electron chi connectivity index (χ2n) is 5.91. The van der Waals surface area contributed by atoms with Crippen molar-refractivity contribution in [2.24, 2.45) is 0 Å². The first kappa shape index (κ1) is 17.5. The fourth-order valence-corrected chi connectivity index (χ4v) is 2.67. The molecule has 2 aromatic heterocycles. The number of aromatic nitrogens is 3. The van der Waals surface area contributed by atoms with Gasteiger partial charge in [0.05, 0.1) is 6.54 Å². The third-order valence-electron chi connectivity index (χ3n) is 3.67. The number of amides is 1. The molecule has 6 nitrogen and oxygen atoms in total. The average molecular weight is 336 g/mol. The number of aryl methyl sites for hydroxylation is 2. The van der Waals surface area contributed by atoms with Gasteiger partial charge >= 0.3 is 0 Å². The van der Waals surface area contributed by atoms with Gasteiger partial charge in [0, 0.05) is 12.5 Å². The first-order valence-corrected chi connectivity index (χ1v) is 8.32. The van der Waals surface area contributed by atoms with Gasteiger partial charge in [0.25, 0.3) is 0 Å². The molecule has 2 rings (SSSR count). The maximum Gasteiger partial charge on any atom is 0.243 e. The van der Waals surface area contributed by atoms with Gasteiger partial charge in [-0.3, -0.25) is 14.5 Å². The van der Waals surface area contributed by atoms with Crippen molar-refractivity contribution in [2.45, 2.75) is 59.7 Å². The lowest BCUT2D eigenvalue weighted by atomic mass is 10.2. The molecule has 0 saturated heterocycles. The standard InChI is InChI=1S/C16H24N4O2S/c1-5-6-14-17-18-16(23)20(14)10-15(21)19(11(2)3)9-13-8-7-12(4)22-13/h7-8,11H,5-6,9-10H2,1-4H3,(H,18,23). The Morgan fingerprint density at radius 2 is 2.22 bits per heavy atom. The summed E-state index contributed by atoms with van der Waals surface area (Å²) in [5, 5.41) is 6.98. The van der Waals surface area contributed by atoms with Gasteiger partial charge in [-0.2, -0.15) is 5.10 Å². The van der Waals surface area contributed by atoms with Gasteiger partial charge in [0.15, 0.2) is 4.77 Å². The second-order valence-corrected chi connectivity index (χ2v) is 6.30. The number of hydrogen-bond acceptors (Lipinski definition) is 4. The van der Waals surface area contributed by atoms with Crippen molar-refractivity contribution in [2.75, 3.05) is 0 Å². The molecule has 2 heterocycles. The van der Waals surface area contributed by atoms with Crippen LogP contribution in [0.2, 0.25) is 0 Å². The van der Waals surface area contributed by atoms with Crippen LogP contribution in [0.1, 0.15) is 44.5 Å². The predicted molar refractivity (Wildman–Crippen MR) is 90.5 cm³/mol. The Balaban J connectivity index is 2.15. The number of nitrogens with one attached hydrogen (secondary N) is 1. The lowest BCUT2D eigenvalue weighted by Crippen LogP contribution is -2.38. The molecule has 7 heteroatoms. The van der Waals surface area contributed by atoms with E-state index in [9.17, 15) is 4.79 Å². The summed E-state index contributed by atoms with van der Waals surface area (Å²) in [5.74, 6) is 2.46. The summed E-state index contributed by atoms with van der Waals surface area (Å²) in [6.45, 7) is 8.61. The number of nitrogens with zero attached hydrogens (tertiary/aromatic N) is 3. The Morgan fingerprint density at radius 3 is 2.78 bits per heavy atom. The lowest BCUT2D eigenvalue weighted by molar-refractivity contribution is -0.134. The first-order chi connectivity index (χ1) is 10.9. The van der Waals surface area contributed by atoms with Gasteiger partial charge in [-0.05, 0) is 51.5 Å². The molecule has 2 aromatic rings. The van der Waals surface area contributed by atoms with E-state index in [1.165, 1.54) is 0 Å². The molecule has 0 aliphatic carbocycles. The van der Waals surface area contributed by atoms with Crippen LogP contribution in [-0.4, -0.2) is 31.6 Å². The van der Waals surface area contributed by atoms with E-state index < -0.39 is 0 Å². The highest BCUT2D eigenvalue weighted by atomic mass is 32.1. The Bertz CT molecular complexity index is 714. The molecule has 0 spiro atoms. The SMILES string of the molecule is CCCc1n[nH]c(=S)n1CC(=O)N(Cc1ccc(C)o1)C(C)C. The predicted octanol–water partition coefficient (Wildman–Crippen LogP) is 3.23. The Labute approximate surface area is 141 Å². The number of carbonyl (C=O) groups is 1. The maximum atomic E-state index is 12.7. The van der Waals surface area contributed by atoms with Crippen LogP contribution in [0.4, 0.5) is 0 Å². The third-order valence-corrected chi connectivity index (χ3v) is 3.98. The molecule has 23 heavy (non-hydrogen) atoms. The molecule has 0 aliphatic heterocycles. The van der Waals surface area contributed by atoms with E-state index in [1.54, 1.807) is 9.47 Å².